The van der Waals surface area contributed by atoms with Crippen molar-refractivity contribution >= 4 is 33.6 Å². The smallest absolute Gasteiger partial charge is 0.338 e. The first-order valence-corrected chi connectivity index (χ1v) is 8.23. The van der Waals surface area contributed by atoms with Crippen LogP contribution in [0.3, 0.4) is 0 Å². The zero-order chi connectivity index (χ0) is 18.7. The number of amides is 1. The number of carboxylic acids is 1. The summed E-state index contributed by atoms with van der Waals surface area (Å²) in [5.41, 5.74) is 0.464. The van der Waals surface area contributed by atoms with Gasteiger partial charge in [-0.25, -0.2) is 9.18 Å². The number of rotatable bonds is 6. The molecule has 2 aromatic heterocycles. The Morgan fingerprint density at radius 3 is 2.69 bits per heavy atom. The Hall–Kier alpha value is -3.01. The van der Waals surface area contributed by atoms with Crippen LogP contribution in [0, 0.1) is 5.82 Å². The van der Waals surface area contributed by atoms with Crippen LogP contribution in [-0.4, -0.2) is 36.5 Å². The van der Waals surface area contributed by atoms with Gasteiger partial charge in [-0.1, -0.05) is 18.2 Å². The molecule has 0 atom stereocenters. The van der Waals surface area contributed by atoms with Gasteiger partial charge >= 0.3 is 5.97 Å². The maximum absolute atomic E-state index is 13.7. The Morgan fingerprint density at radius 2 is 2.00 bits per heavy atom. The molecule has 0 bridgehead atoms. The van der Waals surface area contributed by atoms with Gasteiger partial charge in [-0.15, -0.1) is 0 Å². The number of nitrogens with one attached hydrogen (secondary N) is 1. The number of carboxylic acid groups (broad SMARTS) is 1. The predicted molar refractivity (Wildman–Crippen MR) is 93.2 cm³/mol. The number of carbonyl (C=O) groups excluding carboxylic acids is 1. The lowest BCUT2D eigenvalue weighted by Gasteiger charge is -2.04. The zero-order valence-corrected chi connectivity index (χ0v) is 14.9. The molecule has 3 rings (SSSR count). The van der Waals surface area contributed by atoms with Crippen LogP contribution >= 0.6 is 15.9 Å². The SMILES string of the molecule is O=C(Cn1cc(C(=O)O)cn1)Nc1nn(Cc2ccccc2F)cc1Br. The first kappa shape index (κ1) is 17.8. The van der Waals surface area contributed by atoms with Gasteiger partial charge in [-0.2, -0.15) is 10.2 Å². The third-order valence-electron chi connectivity index (χ3n) is 3.45. The van der Waals surface area contributed by atoms with Crippen LogP contribution in [0.4, 0.5) is 10.2 Å². The molecule has 0 aliphatic carbocycles. The van der Waals surface area contributed by atoms with Crippen LogP contribution in [0.5, 0.6) is 0 Å². The van der Waals surface area contributed by atoms with Crippen molar-refractivity contribution in [2.45, 2.75) is 13.1 Å². The highest BCUT2D eigenvalue weighted by molar-refractivity contribution is 9.10. The third-order valence-corrected chi connectivity index (χ3v) is 4.03. The minimum absolute atomic E-state index is 0.00635. The number of halogens is 2. The number of hydrogen-bond donors (Lipinski definition) is 2. The summed E-state index contributed by atoms with van der Waals surface area (Å²) < 4.78 is 17.0. The molecule has 8 nitrogen and oxygen atoms in total. The Bertz CT molecular complexity index is 968. The van der Waals surface area contributed by atoms with Crippen LogP contribution in [0.15, 0.2) is 47.3 Å². The zero-order valence-electron chi connectivity index (χ0n) is 13.3. The monoisotopic (exact) mass is 421 g/mol. The van der Waals surface area contributed by atoms with Crippen LogP contribution in [0.2, 0.25) is 0 Å². The first-order chi connectivity index (χ1) is 12.4. The highest BCUT2D eigenvalue weighted by Crippen LogP contribution is 2.21. The summed E-state index contributed by atoms with van der Waals surface area (Å²) in [6.45, 7) is 0.0438. The topological polar surface area (TPSA) is 102 Å². The number of hydrogen-bond acceptors (Lipinski definition) is 4. The fourth-order valence-corrected chi connectivity index (χ4v) is 2.66. The van der Waals surface area contributed by atoms with E-state index in [4.69, 9.17) is 5.11 Å². The van der Waals surface area contributed by atoms with E-state index < -0.39 is 11.9 Å². The van der Waals surface area contributed by atoms with Crippen molar-refractivity contribution < 1.29 is 19.1 Å². The van der Waals surface area contributed by atoms with Crippen molar-refractivity contribution in [2.75, 3.05) is 5.32 Å². The highest BCUT2D eigenvalue weighted by atomic mass is 79.9. The number of nitrogens with zero attached hydrogens (tertiary/aromatic N) is 4. The highest BCUT2D eigenvalue weighted by Gasteiger charge is 2.13. The quantitative estimate of drug-likeness (QED) is 0.635. The van der Waals surface area contributed by atoms with E-state index in [-0.39, 0.29) is 30.3 Å². The fourth-order valence-electron chi connectivity index (χ4n) is 2.24. The molecular formula is C16H13BrFN5O3. The number of anilines is 1. The van der Waals surface area contributed by atoms with Gasteiger partial charge in [0.05, 0.1) is 22.8 Å². The predicted octanol–water partition coefficient (Wildman–Crippen LogP) is 2.37. The molecule has 3 aromatic rings. The molecule has 0 spiro atoms. The summed E-state index contributed by atoms with van der Waals surface area (Å²) in [6.07, 6.45) is 4.04. The molecule has 2 heterocycles. The molecule has 0 aliphatic heterocycles. The van der Waals surface area contributed by atoms with Gasteiger partial charge < -0.3 is 10.4 Å². The second-order valence-electron chi connectivity index (χ2n) is 5.39. The van der Waals surface area contributed by atoms with Crippen molar-refractivity contribution in [1.29, 1.82) is 0 Å². The number of carbonyl (C=O) groups is 2. The van der Waals surface area contributed by atoms with Gasteiger partial charge in [0.15, 0.2) is 5.82 Å². The van der Waals surface area contributed by atoms with Crippen LogP contribution in [0.25, 0.3) is 0 Å². The van der Waals surface area contributed by atoms with E-state index in [2.05, 4.69) is 31.4 Å². The molecule has 0 saturated carbocycles. The minimum Gasteiger partial charge on any atom is -0.478 e. The average Bonchev–Trinajstić information content (AvgIpc) is 3.17. The first-order valence-electron chi connectivity index (χ1n) is 7.44. The van der Waals surface area contributed by atoms with E-state index >= 15 is 0 Å². The van der Waals surface area contributed by atoms with Gasteiger partial charge in [0.25, 0.3) is 0 Å². The van der Waals surface area contributed by atoms with Gasteiger partial charge in [0, 0.05) is 18.0 Å². The van der Waals surface area contributed by atoms with Crippen molar-refractivity contribution in [3.05, 3.63) is 64.3 Å². The number of aromatic carboxylic acids is 1. The molecule has 0 aliphatic rings. The van der Waals surface area contributed by atoms with Gasteiger partial charge in [0.1, 0.15) is 12.4 Å². The summed E-state index contributed by atoms with van der Waals surface area (Å²) in [4.78, 5) is 22.9. The van der Waals surface area contributed by atoms with Gasteiger partial charge in [-0.3, -0.25) is 14.2 Å². The molecule has 0 unspecified atom stereocenters. The maximum atomic E-state index is 13.7. The maximum Gasteiger partial charge on any atom is 0.338 e. The lowest BCUT2D eigenvalue weighted by Crippen LogP contribution is -2.19. The third kappa shape index (κ3) is 4.14. The summed E-state index contributed by atoms with van der Waals surface area (Å²) in [6, 6.07) is 6.36. The average molecular weight is 422 g/mol. The van der Waals surface area contributed by atoms with Gasteiger partial charge in [0.2, 0.25) is 5.91 Å². The van der Waals surface area contributed by atoms with Crippen molar-refractivity contribution in [3.63, 3.8) is 0 Å². The molecule has 134 valence electrons. The van der Waals surface area contributed by atoms with Gasteiger partial charge in [-0.05, 0) is 22.0 Å². The Kier molecular flexibility index (Phi) is 5.12. The molecule has 10 heteroatoms. The van der Waals surface area contributed by atoms with E-state index in [1.807, 2.05) is 0 Å². The fraction of sp³-hybridized carbons (Fsp3) is 0.125. The summed E-state index contributed by atoms with van der Waals surface area (Å²) in [7, 11) is 0. The lowest BCUT2D eigenvalue weighted by molar-refractivity contribution is -0.116. The molecule has 0 fully saturated rings. The normalized spacial score (nSPS) is 10.7. The van der Waals surface area contributed by atoms with Crippen LogP contribution < -0.4 is 5.32 Å². The molecule has 0 radical (unpaired) electrons. The molecular weight excluding hydrogens is 409 g/mol. The van der Waals surface area contributed by atoms with Crippen LogP contribution in [-0.2, 0) is 17.9 Å². The Balaban J connectivity index is 1.66. The van der Waals surface area contributed by atoms with Crippen molar-refractivity contribution in [2.24, 2.45) is 0 Å². The second kappa shape index (κ2) is 7.48. The second-order valence-corrected chi connectivity index (χ2v) is 6.25. The van der Waals surface area contributed by atoms with Crippen molar-refractivity contribution in [3.8, 4) is 0 Å². The number of benzene rings is 1. The summed E-state index contributed by atoms with van der Waals surface area (Å²) in [5, 5.41) is 19.5. The Labute approximate surface area is 155 Å². The summed E-state index contributed by atoms with van der Waals surface area (Å²) in [5.74, 6) is -1.61. The lowest BCUT2D eigenvalue weighted by atomic mass is 10.2. The molecule has 1 aromatic carbocycles. The molecule has 26 heavy (non-hydrogen) atoms. The number of aromatic nitrogens is 4. The van der Waals surface area contributed by atoms with E-state index in [0.29, 0.717) is 10.0 Å². The largest absolute Gasteiger partial charge is 0.478 e. The van der Waals surface area contributed by atoms with E-state index in [1.54, 1.807) is 24.4 Å². The van der Waals surface area contributed by atoms with E-state index in [1.165, 1.54) is 21.6 Å². The van der Waals surface area contributed by atoms with Crippen molar-refractivity contribution in [1.82, 2.24) is 19.6 Å². The standard InChI is InChI=1S/C16H13BrFN5O3/c17-12-8-23(6-10-3-1-2-4-13(10)18)21-15(12)20-14(24)9-22-7-11(5-19-22)16(25)26/h1-5,7-8H,6,9H2,(H,25,26)(H,20,21,24). The minimum atomic E-state index is -1.12. The molecule has 0 saturated heterocycles. The van der Waals surface area contributed by atoms with E-state index in [9.17, 15) is 14.0 Å². The Morgan fingerprint density at radius 1 is 1.23 bits per heavy atom. The van der Waals surface area contributed by atoms with Crippen LogP contribution in [0.1, 0.15) is 15.9 Å². The van der Waals surface area contributed by atoms with E-state index in [0.717, 1.165) is 6.20 Å². The molecule has 1 amide bonds. The molecule has 2 N–H and O–H groups in total. The summed E-state index contributed by atoms with van der Waals surface area (Å²) >= 11 is 3.29.